The highest BCUT2D eigenvalue weighted by Gasteiger charge is 2.11. The summed E-state index contributed by atoms with van der Waals surface area (Å²) in [5, 5.41) is 2.87. The second-order valence-electron chi connectivity index (χ2n) is 5.63. The van der Waals surface area contributed by atoms with Crippen molar-refractivity contribution >= 4 is 11.6 Å². The van der Waals surface area contributed by atoms with E-state index in [1.807, 2.05) is 36.2 Å². The van der Waals surface area contributed by atoms with E-state index in [2.05, 4.69) is 5.32 Å². The van der Waals surface area contributed by atoms with Crippen molar-refractivity contribution in [2.24, 2.45) is 0 Å². The first-order valence-electron chi connectivity index (χ1n) is 7.89. The molecular weight excluding hydrogens is 320 g/mol. The van der Waals surface area contributed by atoms with E-state index in [0.29, 0.717) is 23.7 Å². The Morgan fingerprint density at radius 1 is 0.960 bits per heavy atom. The summed E-state index contributed by atoms with van der Waals surface area (Å²) < 4.78 is 15.6. The summed E-state index contributed by atoms with van der Waals surface area (Å²) in [5.41, 5.74) is 1.69. The maximum atomic E-state index is 12.3. The minimum Gasteiger partial charge on any atom is -0.497 e. The summed E-state index contributed by atoms with van der Waals surface area (Å²) in [6, 6.07) is 13.1. The van der Waals surface area contributed by atoms with Gasteiger partial charge in [0.15, 0.2) is 0 Å². The average molecular weight is 344 g/mol. The molecule has 0 spiro atoms. The lowest BCUT2D eigenvalue weighted by atomic mass is 10.2. The smallest absolute Gasteiger partial charge is 0.238 e. The average Bonchev–Trinajstić information content (AvgIpc) is 2.62. The monoisotopic (exact) mass is 344 g/mol. The van der Waals surface area contributed by atoms with Gasteiger partial charge in [-0.05, 0) is 36.9 Å². The molecule has 0 aliphatic heterocycles. The number of nitrogens with one attached hydrogen (secondary N) is 1. The van der Waals surface area contributed by atoms with Crippen LogP contribution >= 0.6 is 0 Å². The topological polar surface area (TPSA) is 60.0 Å². The molecule has 0 fully saturated rings. The second kappa shape index (κ2) is 8.94. The molecule has 1 amide bonds. The number of amides is 1. The zero-order valence-corrected chi connectivity index (χ0v) is 15.0. The molecule has 6 nitrogen and oxygen atoms in total. The van der Waals surface area contributed by atoms with Gasteiger partial charge in [-0.25, -0.2) is 0 Å². The van der Waals surface area contributed by atoms with Crippen molar-refractivity contribution in [3.8, 4) is 17.2 Å². The van der Waals surface area contributed by atoms with Gasteiger partial charge in [0.1, 0.15) is 17.2 Å². The van der Waals surface area contributed by atoms with E-state index < -0.39 is 0 Å². The van der Waals surface area contributed by atoms with Crippen LogP contribution in [0.1, 0.15) is 5.56 Å². The summed E-state index contributed by atoms with van der Waals surface area (Å²) in [5.74, 6) is 1.94. The third kappa shape index (κ3) is 5.39. The molecule has 2 rings (SSSR count). The number of hydrogen-bond acceptors (Lipinski definition) is 5. The van der Waals surface area contributed by atoms with E-state index >= 15 is 0 Å². The van der Waals surface area contributed by atoms with Crippen molar-refractivity contribution in [2.45, 2.75) is 6.54 Å². The van der Waals surface area contributed by atoms with Crippen molar-refractivity contribution in [1.29, 1.82) is 0 Å². The van der Waals surface area contributed by atoms with Gasteiger partial charge < -0.3 is 19.5 Å². The normalized spacial score (nSPS) is 10.4. The molecule has 0 unspecified atom stereocenters. The van der Waals surface area contributed by atoms with Crippen LogP contribution in [0.4, 0.5) is 5.69 Å². The number of rotatable bonds is 8. The number of ether oxygens (including phenoxy) is 3. The lowest BCUT2D eigenvalue weighted by molar-refractivity contribution is -0.117. The van der Waals surface area contributed by atoms with E-state index in [4.69, 9.17) is 14.2 Å². The van der Waals surface area contributed by atoms with E-state index in [0.717, 1.165) is 11.3 Å². The van der Waals surface area contributed by atoms with Crippen molar-refractivity contribution in [1.82, 2.24) is 4.90 Å². The number of benzene rings is 2. The maximum Gasteiger partial charge on any atom is 0.238 e. The first-order chi connectivity index (χ1) is 12.0. The predicted molar refractivity (Wildman–Crippen MR) is 97.5 cm³/mol. The number of hydrogen-bond donors (Lipinski definition) is 1. The third-order valence-electron chi connectivity index (χ3n) is 3.71. The lowest BCUT2D eigenvalue weighted by Gasteiger charge is -2.17. The lowest BCUT2D eigenvalue weighted by Crippen LogP contribution is -2.29. The first kappa shape index (κ1) is 18.6. The van der Waals surface area contributed by atoms with E-state index in [9.17, 15) is 4.79 Å². The van der Waals surface area contributed by atoms with Crippen molar-refractivity contribution < 1.29 is 19.0 Å². The van der Waals surface area contributed by atoms with Crippen molar-refractivity contribution in [2.75, 3.05) is 40.2 Å². The molecule has 2 aromatic carbocycles. The zero-order valence-electron chi connectivity index (χ0n) is 15.0. The van der Waals surface area contributed by atoms with Gasteiger partial charge in [0.25, 0.3) is 0 Å². The fourth-order valence-electron chi connectivity index (χ4n) is 2.45. The maximum absolute atomic E-state index is 12.3. The molecule has 0 aromatic heterocycles. The van der Waals surface area contributed by atoms with Crippen LogP contribution in [-0.4, -0.2) is 45.7 Å². The summed E-state index contributed by atoms with van der Waals surface area (Å²) in [7, 11) is 6.67. The molecule has 134 valence electrons. The minimum absolute atomic E-state index is 0.123. The fourth-order valence-corrected chi connectivity index (χ4v) is 2.45. The van der Waals surface area contributed by atoms with Gasteiger partial charge in [-0.1, -0.05) is 12.1 Å². The molecule has 2 aromatic rings. The van der Waals surface area contributed by atoms with Crippen LogP contribution in [0.5, 0.6) is 17.2 Å². The molecule has 0 saturated carbocycles. The number of carbonyl (C=O) groups excluding carboxylic acids is 1. The minimum atomic E-state index is -0.123. The highest BCUT2D eigenvalue weighted by atomic mass is 16.5. The Morgan fingerprint density at radius 3 is 2.20 bits per heavy atom. The Kier molecular flexibility index (Phi) is 6.65. The quantitative estimate of drug-likeness (QED) is 0.798. The summed E-state index contributed by atoms with van der Waals surface area (Å²) in [6.45, 7) is 0.916. The molecule has 6 heteroatoms. The first-order valence-corrected chi connectivity index (χ1v) is 7.89. The number of carbonyl (C=O) groups is 1. The van der Waals surface area contributed by atoms with Crippen LogP contribution < -0.4 is 19.5 Å². The highest BCUT2D eigenvalue weighted by Crippen LogP contribution is 2.28. The number of anilines is 1. The van der Waals surface area contributed by atoms with Crippen LogP contribution in [0.2, 0.25) is 0 Å². The molecular formula is C19H24N2O4. The molecule has 0 heterocycles. The Hall–Kier alpha value is -2.73. The Morgan fingerprint density at radius 2 is 1.60 bits per heavy atom. The van der Waals surface area contributed by atoms with E-state index in [1.54, 1.807) is 39.5 Å². The second-order valence-corrected chi connectivity index (χ2v) is 5.63. The summed E-state index contributed by atoms with van der Waals surface area (Å²) in [4.78, 5) is 14.2. The van der Waals surface area contributed by atoms with Gasteiger partial charge in [-0.15, -0.1) is 0 Å². The molecule has 0 aliphatic rings. The molecule has 0 bridgehead atoms. The van der Waals surface area contributed by atoms with Gasteiger partial charge in [-0.3, -0.25) is 9.69 Å². The molecule has 0 saturated heterocycles. The van der Waals surface area contributed by atoms with E-state index in [-0.39, 0.29) is 12.5 Å². The standard InChI is InChI=1S/C19H24N2O4/c1-21(12-14-5-7-15(23-2)8-6-14)13-19(22)20-17-11-16(24-3)9-10-18(17)25-4/h5-11H,12-13H2,1-4H3,(H,20,22). The summed E-state index contributed by atoms with van der Waals surface area (Å²) in [6.07, 6.45) is 0. The van der Waals surface area contributed by atoms with Crippen LogP contribution in [0.25, 0.3) is 0 Å². The molecule has 0 atom stereocenters. The highest BCUT2D eigenvalue weighted by molar-refractivity contribution is 5.93. The van der Waals surface area contributed by atoms with Gasteiger partial charge >= 0.3 is 0 Å². The predicted octanol–water partition coefficient (Wildman–Crippen LogP) is 2.78. The Bertz CT molecular complexity index is 701. The van der Waals surface area contributed by atoms with Gasteiger partial charge in [-0.2, -0.15) is 0 Å². The molecule has 25 heavy (non-hydrogen) atoms. The van der Waals surface area contributed by atoms with Crippen LogP contribution in [0.3, 0.4) is 0 Å². The third-order valence-corrected chi connectivity index (χ3v) is 3.71. The zero-order chi connectivity index (χ0) is 18.2. The number of methoxy groups -OCH3 is 3. The van der Waals surface area contributed by atoms with Crippen molar-refractivity contribution in [3.63, 3.8) is 0 Å². The van der Waals surface area contributed by atoms with Crippen LogP contribution in [0, 0.1) is 0 Å². The Labute approximate surface area is 148 Å². The number of likely N-dealkylation sites (N-methyl/N-ethyl adjacent to an activating group) is 1. The Balaban J connectivity index is 1.94. The largest absolute Gasteiger partial charge is 0.497 e. The molecule has 1 N–H and O–H groups in total. The van der Waals surface area contributed by atoms with Crippen molar-refractivity contribution in [3.05, 3.63) is 48.0 Å². The summed E-state index contributed by atoms with van der Waals surface area (Å²) >= 11 is 0. The number of nitrogens with zero attached hydrogens (tertiary/aromatic N) is 1. The molecule has 0 radical (unpaired) electrons. The van der Waals surface area contributed by atoms with Gasteiger partial charge in [0.2, 0.25) is 5.91 Å². The van der Waals surface area contributed by atoms with E-state index in [1.165, 1.54) is 0 Å². The van der Waals surface area contributed by atoms with Gasteiger partial charge in [0.05, 0.1) is 33.6 Å². The fraction of sp³-hybridized carbons (Fsp3) is 0.316. The van der Waals surface area contributed by atoms with Crippen LogP contribution in [-0.2, 0) is 11.3 Å². The molecule has 0 aliphatic carbocycles. The van der Waals surface area contributed by atoms with Gasteiger partial charge in [0, 0.05) is 12.6 Å². The van der Waals surface area contributed by atoms with Crippen LogP contribution in [0.15, 0.2) is 42.5 Å². The SMILES string of the molecule is COc1ccc(CN(C)CC(=O)Nc2cc(OC)ccc2OC)cc1.